The Balaban J connectivity index is 1.46. The van der Waals surface area contributed by atoms with Gasteiger partial charge in [0.2, 0.25) is 5.91 Å². The number of likely N-dealkylation sites (tertiary alicyclic amines) is 1. The topological polar surface area (TPSA) is 48.0 Å². The van der Waals surface area contributed by atoms with Crippen molar-refractivity contribution in [2.45, 2.75) is 45.0 Å². The second-order valence-electron chi connectivity index (χ2n) is 8.34. The van der Waals surface area contributed by atoms with Crippen LogP contribution in [-0.2, 0) is 38.8 Å². The summed E-state index contributed by atoms with van der Waals surface area (Å²) >= 11 is 0. The third-order valence-electron chi connectivity index (χ3n) is 5.92. The van der Waals surface area contributed by atoms with E-state index in [0.29, 0.717) is 33.0 Å². The number of rotatable bonds is 10. The third-order valence-corrected chi connectivity index (χ3v) is 5.92. The molecule has 5 nitrogen and oxygen atoms in total. The van der Waals surface area contributed by atoms with E-state index >= 15 is 0 Å². The predicted molar refractivity (Wildman–Crippen MR) is 127 cm³/mol. The summed E-state index contributed by atoms with van der Waals surface area (Å²) < 4.78 is 18.7. The highest BCUT2D eigenvalue weighted by Gasteiger charge is 2.44. The maximum Gasteiger partial charge on any atom is 0.219 e. The van der Waals surface area contributed by atoms with Crippen LogP contribution >= 0.6 is 0 Å². The molecule has 3 atom stereocenters. The van der Waals surface area contributed by atoms with Crippen LogP contribution < -0.4 is 0 Å². The molecule has 3 aromatic carbocycles. The molecule has 0 unspecified atom stereocenters. The monoisotopic (exact) mass is 445 g/mol. The molecule has 0 bridgehead atoms. The van der Waals surface area contributed by atoms with E-state index in [-0.39, 0.29) is 24.2 Å². The number of ether oxygens (including phenoxy) is 3. The SMILES string of the molecule is CC(=O)N1C[C@@H](OCc2ccccc2)[C@H](OCc2ccccc2)[C@H]1COCc1ccccc1. The fourth-order valence-corrected chi connectivity index (χ4v) is 4.19. The first-order valence-electron chi connectivity index (χ1n) is 11.4. The van der Waals surface area contributed by atoms with E-state index < -0.39 is 0 Å². The summed E-state index contributed by atoms with van der Waals surface area (Å²) in [5.41, 5.74) is 3.28. The van der Waals surface area contributed by atoms with Crippen molar-refractivity contribution < 1.29 is 19.0 Å². The van der Waals surface area contributed by atoms with Crippen LogP contribution in [0.3, 0.4) is 0 Å². The van der Waals surface area contributed by atoms with Gasteiger partial charge in [-0.05, 0) is 16.7 Å². The van der Waals surface area contributed by atoms with Gasteiger partial charge >= 0.3 is 0 Å². The summed E-state index contributed by atoms with van der Waals surface area (Å²) in [6.07, 6.45) is -0.517. The Hall–Kier alpha value is -2.99. The van der Waals surface area contributed by atoms with Crippen molar-refractivity contribution in [1.82, 2.24) is 4.90 Å². The number of nitrogens with zero attached hydrogens (tertiary/aromatic N) is 1. The molecule has 0 radical (unpaired) electrons. The van der Waals surface area contributed by atoms with Crippen molar-refractivity contribution in [1.29, 1.82) is 0 Å². The van der Waals surface area contributed by atoms with Crippen LogP contribution in [0.5, 0.6) is 0 Å². The minimum Gasteiger partial charge on any atom is -0.375 e. The standard InChI is InChI=1S/C28H31NO4/c1-22(30)29-17-27(32-19-24-13-7-3-8-14-24)28(33-20-25-15-9-4-10-16-25)26(29)21-31-18-23-11-5-2-6-12-23/h2-16,26-28H,17-21H2,1H3/t26-,27-,28-/m1/s1. The maximum atomic E-state index is 12.5. The van der Waals surface area contributed by atoms with E-state index in [9.17, 15) is 4.79 Å². The molecule has 4 rings (SSSR count). The van der Waals surface area contributed by atoms with E-state index in [2.05, 4.69) is 0 Å². The molecule has 0 aliphatic carbocycles. The van der Waals surface area contributed by atoms with Gasteiger partial charge in [-0.1, -0.05) is 91.0 Å². The van der Waals surface area contributed by atoms with E-state index in [4.69, 9.17) is 14.2 Å². The van der Waals surface area contributed by atoms with Crippen molar-refractivity contribution in [2.24, 2.45) is 0 Å². The zero-order valence-electron chi connectivity index (χ0n) is 19.0. The average molecular weight is 446 g/mol. The largest absolute Gasteiger partial charge is 0.375 e. The number of hydrogen-bond acceptors (Lipinski definition) is 4. The Bertz CT molecular complexity index is 981. The lowest BCUT2D eigenvalue weighted by Crippen LogP contribution is -2.43. The first-order chi connectivity index (χ1) is 16.2. The van der Waals surface area contributed by atoms with Gasteiger partial charge in [0.05, 0.1) is 32.5 Å². The van der Waals surface area contributed by atoms with Crippen LogP contribution in [0.4, 0.5) is 0 Å². The highest BCUT2D eigenvalue weighted by Crippen LogP contribution is 2.27. The summed E-state index contributed by atoms with van der Waals surface area (Å²) in [6, 6.07) is 30.0. The van der Waals surface area contributed by atoms with Gasteiger partial charge in [-0.15, -0.1) is 0 Å². The smallest absolute Gasteiger partial charge is 0.219 e. The van der Waals surface area contributed by atoms with Crippen molar-refractivity contribution in [3.8, 4) is 0 Å². The molecule has 0 spiro atoms. The van der Waals surface area contributed by atoms with E-state index in [1.54, 1.807) is 6.92 Å². The molecular formula is C28H31NO4. The van der Waals surface area contributed by atoms with Gasteiger partial charge in [0.15, 0.2) is 0 Å². The van der Waals surface area contributed by atoms with Crippen LogP contribution in [0.15, 0.2) is 91.0 Å². The molecule has 5 heteroatoms. The molecule has 0 saturated carbocycles. The Morgan fingerprint density at radius 2 is 1.24 bits per heavy atom. The second kappa shape index (κ2) is 11.8. The van der Waals surface area contributed by atoms with Gasteiger partial charge < -0.3 is 19.1 Å². The first-order valence-corrected chi connectivity index (χ1v) is 11.4. The Morgan fingerprint density at radius 1 is 0.758 bits per heavy atom. The molecule has 1 aliphatic rings. The third kappa shape index (κ3) is 6.51. The predicted octanol–water partition coefficient (Wildman–Crippen LogP) is 4.60. The number of carbonyl (C=O) groups is 1. The molecule has 33 heavy (non-hydrogen) atoms. The maximum absolute atomic E-state index is 12.5. The summed E-state index contributed by atoms with van der Waals surface area (Å²) in [5.74, 6) is 0.00225. The van der Waals surface area contributed by atoms with E-state index in [0.717, 1.165) is 16.7 Å². The molecule has 0 N–H and O–H groups in total. The van der Waals surface area contributed by atoms with Gasteiger partial charge in [-0.25, -0.2) is 0 Å². The first kappa shape index (κ1) is 23.2. The molecule has 1 fully saturated rings. The number of benzene rings is 3. The van der Waals surface area contributed by atoms with Crippen LogP contribution in [0.25, 0.3) is 0 Å². The molecule has 3 aromatic rings. The quantitative estimate of drug-likeness (QED) is 0.457. The average Bonchev–Trinajstić information content (AvgIpc) is 3.21. The molecular weight excluding hydrogens is 414 g/mol. The van der Waals surface area contributed by atoms with Crippen molar-refractivity contribution >= 4 is 5.91 Å². The number of hydrogen-bond donors (Lipinski definition) is 0. The van der Waals surface area contributed by atoms with Crippen LogP contribution in [0, 0.1) is 0 Å². The summed E-state index contributed by atoms with van der Waals surface area (Å²) in [6.45, 7) is 3.89. The van der Waals surface area contributed by atoms with Crippen molar-refractivity contribution in [3.63, 3.8) is 0 Å². The summed E-state index contributed by atoms with van der Waals surface area (Å²) in [5, 5.41) is 0. The summed E-state index contributed by atoms with van der Waals surface area (Å²) in [4.78, 5) is 14.3. The summed E-state index contributed by atoms with van der Waals surface area (Å²) in [7, 11) is 0. The minimum absolute atomic E-state index is 0.00225. The van der Waals surface area contributed by atoms with Gasteiger partial charge in [0, 0.05) is 13.5 Å². The fraction of sp³-hybridized carbons (Fsp3) is 0.321. The minimum atomic E-state index is -0.284. The molecule has 1 aliphatic heterocycles. The van der Waals surface area contributed by atoms with Gasteiger partial charge in [0.1, 0.15) is 12.2 Å². The van der Waals surface area contributed by atoms with E-state index in [1.165, 1.54) is 0 Å². The van der Waals surface area contributed by atoms with Crippen molar-refractivity contribution in [2.75, 3.05) is 13.2 Å². The normalized spacial score (nSPS) is 20.2. The second-order valence-corrected chi connectivity index (χ2v) is 8.34. The molecule has 1 heterocycles. The van der Waals surface area contributed by atoms with Crippen molar-refractivity contribution in [3.05, 3.63) is 108 Å². The van der Waals surface area contributed by atoms with Gasteiger partial charge in [-0.2, -0.15) is 0 Å². The number of carbonyl (C=O) groups excluding carboxylic acids is 1. The zero-order valence-corrected chi connectivity index (χ0v) is 19.0. The molecule has 1 saturated heterocycles. The van der Waals surface area contributed by atoms with Gasteiger partial charge in [0.25, 0.3) is 0 Å². The molecule has 0 aromatic heterocycles. The lowest BCUT2D eigenvalue weighted by molar-refractivity contribution is -0.133. The highest BCUT2D eigenvalue weighted by molar-refractivity contribution is 5.74. The zero-order chi connectivity index (χ0) is 22.9. The lowest BCUT2D eigenvalue weighted by atomic mass is 10.1. The fourth-order valence-electron chi connectivity index (χ4n) is 4.19. The lowest BCUT2D eigenvalue weighted by Gasteiger charge is -2.28. The van der Waals surface area contributed by atoms with Gasteiger partial charge in [-0.3, -0.25) is 4.79 Å². The van der Waals surface area contributed by atoms with Crippen LogP contribution in [-0.4, -0.2) is 42.2 Å². The number of amides is 1. The highest BCUT2D eigenvalue weighted by atomic mass is 16.5. The van der Waals surface area contributed by atoms with Crippen LogP contribution in [0.1, 0.15) is 23.6 Å². The Kier molecular flexibility index (Phi) is 8.25. The Morgan fingerprint density at radius 3 is 1.76 bits per heavy atom. The van der Waals surface area contributed by atoms with E-state index in [1.807, 2.05) is 95.9 Å². The Labute approximate surface area is 195 Å². The molecule has 1 amide bonds. The molecule has 172 valence electrons. The van der Waals surface area contributed by atoms with Crippen LogP contribution in [0.2, 0.25) is 0 Å².